The number of hydrazine groups is 2. The summed E-state index contributed by atoms with van der Waals surface area (Å²) in [5, 5.41) is 0. The second-order valence-corrected chi connectivity index (χ2v) is 5.75. The average Bonchev–Trinajstić information content (AvgIpc) is 2.73. The molecule has 0 atom stereocenters. The summed E-state index contributed by atoms with van der Waals surface area (Å²) >= 11 is 0. The first-order valence-electron chi connectivity index (χ1n) is 8.24. The topological polar surface area (TPSA) is 147 Å². The Kier molecular flexibility index (Phi) is 5.60. The highest BCUT2D eigenvalue weighted by molar-refractivity contribution is 5.96. The van der Waals surface area contributed by atoms with Crippen molar-refractivity contribution in [2.75, 3.05) is 16.6 Å². The number of anilines is 3. The van der Waals surface area contributed by atoms with Crippen LogP contribution in [0, 0.1) is 6.92 Å². The molecule has 0 unspecified atom stereocenters. The number of aromatic nitrogens is 3. The molecule has 0 fully saturated rings. The third-order valence-electron chi connectivity index (χ3n) is 3.71. The van der Waals surface area contributed by atoms with E-state index in [4.69, 9.17) is 5.73 Å². The van der Waals surface area contributed by atoms with Gasteiger partial charge in [-0.2, -0.15) is 0 Å². The molecular formula is C18H18N8O2. The minimum Gasteiger partial charge on any atom is -0.393 e. The molecule has 28 heavy (non-hydrogen) atoms. The van der Waals surface area contributed by atoms with Gasteiger partial charge in [0.15, 0.2) is 11.6 Å². The molecule has 0 aliphatic rings. The number of nitrogens with zero attached hydrogens (tertiary/aromatic N) is 3. The lowest BCUT2D eigenvalue weighted by Crippen LogP contribution is -2.32. The number of carbonyl (C=O) groups is 2. The zero-order valence-electron chi connectivity index (χ0n) is 14.9. The fourth-order valence-electron chi connectivity index (χ4n) is 2.17. The molecule has 2 aromatic heterocycles. The van der Waals surface area contributed by atoms with Gasteiger partial charge in [-0.05, 0) is 31.2 Å². The predicted octanol–water partition coefficient (Wildman–Crippen LogP) is 1.28. The first-order valence-corrected chi connectivity index (χ1v) is 8.24. The van der Waals surface area contributed by atoms with E-state index >= 15 is 0 Å². The van der Waals surface area contributed by atoms with Crippen LogP contribution >= 0.6 is 0 Å². The van der Waals surface area contributed by atoms with E-state index in [9.17, 15) is 9.59 Å². The van der Waals surface area contributed by atoms with Crippen LogP contribution in [0.5, 0.6) is 0 Å². The fourth-order valence-corrected chi connectivity index (χ4v) is 2.17. The highest BCUT2D eigenvalue weighted by atomic mass is 16.2. The SMILES string of the molecule is Cc1ccc(C(=O)NNc2ncnc(NNC(=O)c3cccnc3)c2N)cc1. The maximum absolute atomic E-state index is 12.2. The van der Waals surface area contributed by atoms with Crippen LogP contribution < -0.4 is 27.4 Å². The zero-order chi connectivity index (χ0) is 19.9. The highest BCUT2D eigenvalue weighted by Crippen LogP contribution is 2.21. The number of aryl methyl sites for hydroxylation is 1. The molecule has 2 heterocycles. The summed E-state index contributed by atoms with van der Waals surface area (Å²) in [5.41, 5.74) is 18.2. The number of amides is 2. The van der Waals surface area contributed by atoms with Crippen LogP contribution in [-0.4, -0.2) is 26.8 Å². The molecule has 1 aromatic carbocycles. The van der Waals surface area contributed by atoms with Crippen molar-refractivity contribution < 1.29 is 9.59 Å². The zero-order valence-corrected chi connectivity index (χ0v) is 14.9. The Bertz CT molecular complexity index is 977. The Labute approximate surface area is 160 Å². The van der Waals surface area contributed by atoms with E-state index in [1.165, 1.54) is 12.5 Å². The lowest BCUT2D eigenvalue weighted by atomic mass is 10.1. The monoisotopic (exact) mass is 378 g/mol. The van der Waals surface area contributed by atoms with Crippen molar-refractivity contribution >= 4 is 29.1 Å². The van der Waals surface area contributed by atoms with Crippen LogP contribution in [0.2, 0.25) is 0 Å². The molecule has 0 aliphatic heterocycles. The van der Waals surface area contributed by atoms with Crippen molar-refractivity contribution in [1.82, 2.24) is 25.8 Å². The molecule has 10 heteroatoms. The van der Waals surface area contributed by atoms with Crippen molar-refractivity contribution in [3.63, 3.8) is 0 Å². The number of benzene rings is 1. The Hall–Kier alpha value is -4.21. The second kappa shape index (κ2) is 8.45. The van der Waals surface area contributed by atoms with Gasteiger partial charge in [0, 0.05) is 18.0 Å². The van der Waals surface area contributed by atoms with Gasteiger partial charge in [0.25, 0.3) is 11.8 Å². The third kappa shape index (κ3) is 4.49. The van der Waals surface area contributed by atoms with E-state index in [-0.39, 0.29) is 23.2 Å². The lowest BCUT2D eigenvalue weighted by molar-refractivity contribution is 0.0954. The van der Waals surface area contributed by atoms with Crippen molar-refractivity contribution in [1.29, 1.82) is 0 Å². The van der Waals surface area contributed by atoms with Gasteiger partial charge in [-0.25, -0.2) is 9.97 Å². The van der Waals surface area contributed by atoms with Gasteiger partial charge in [0.05, 0.1) is 5.56 Å². The summed E-state index contributed by atoms with van der Waals surface area (Å²) in [6, 6.07) is 10.3. The highest BCUT2D eigenvalue weighted by Gasteiger charge is 2.11. The van der Waals surface area contributed by atoms with Crippen molar-refractivity contribution in [3.8, 4) is 0 Å². The van der Waals surface area contributed by atoms with Gasteiger partial charge < -0.3 is 5.73 Å². The third-order valence-corrected chi connectivity index (χ3v) is 3.71. The van der Waals surface area contributed by atoms with E-state index in [0.29, 0.717) is 11.1 Å². The van der Waals surface area contributed by atoms with Gasteiger partial charge in [0.1, 0.15) is 12.0 Å². The average molecular weight is 378 g/mol. The quantitative estimate of drug-likeness (QED) is 0.403. The molecule has 10 nitrogen and oxygen atoms in total. The van der Waals surface area contributed by atoms with Crippen LogP contribution in [0.25, 0.3) is 0 Å². The molecule has 142 valence electrons. The minimum atomic E-state index is -0.409. The summed E-state index contributed by atoms with van der Waals surface area (Å²) in [5.74, 6) is -0.418. The van der Waals surface area contributed by atoms with Gasteiger partial charge in [0.2, 0.25) is 0 Å². The van der Waals surface area contributed by atoms with Crippen LogP contribution in [0.15, 0.2) is 55.1 Å². The van der Waals surface area contributed by atoms with Gasteiger partial charge >= 0.3 is 0 Å². The van der Waals surface area contributed by atoms with E-state index < -0.39 is 5.91 Å². The number of nitrogens with one attached hydrogen (secondary N) is 4. The van der Waals surface area contributed by atoms with Crippen LogP contribution in [0.3, 0.4) is 0 Å². The molecule has 0 spiro atoms. The summed E-state index contributed by atoms with van der Waals surface area (Å²) in [4.78, 5) is 36.0. The number of nitrogen functional groups attached to an aromatic ring is 1. The Morgan fingerprint density at radius 2 is 1.50 bits per heavy atom. The van der Waals surface area contributed by atoms with Gasteiger partial charge in [-0.15, -0.1) is 0 Å². The lowest BCUT2D eigenvalue weighted by Gasteiger charge is -2.13. The number of nitrogens with two attached hydrogens (primary N) is 1. The van der Waals surface area contributed by atoms with E-state index in [0.717, 1.165) is 5.56 Å². The van der Waals surface area contributed by atoms with Crippen LogP contribution in [0.4, 0.5) is 17.3 Å². The Morgan fingerprint density at radius 1 is 0.893 bits per heavy atom. The van der Waals surface area contributed by atoms with Crippen molar-refractivity contribution in [2.45, 2.75) is 6.92 Å². The molecule has 3 rings (SSSR count). The number of carbonyl (C=O) groups excluding carboxylic acids is 2. The van der Waals surface area contributed by atoms with E-state index in [2.05, 4.69) is 36.7 Å². The van der Waals surface area contributed by atoms with Crippen LogP contribution in [-0.2, 0) is 0 Å². The molecule has 0 aliphatic carbocycles. The maximum Gasteiger partial charge on any atom is 0.271 e. The molecule has 0 saturated carbocycles. The van der Waals surface area contributed by atoms with Crippen LogP contribution in [0.1, 0.15) is 26.3 Å². The number of pyridine rings is 1. The largest absolute Gasteiger partial charge is 0.393 e. The fraction of sp³-hybridized carbons (Fsp3) is 0.0556. The molecule has 0 bridgehead atoms. The van der Waals surface area contributed by atoms with E-state index in [1.54, 1.807) is 30.5 Å². The minimum absolute atomic E-state index is 0.109. The van der Waals surface area contributed by atoms with Crippen molar-refractivity contribution in [3.05, 3.63) is 71.8 Å². The molecule has 0 saturated heterocycles. The normalized spacial score (nSPS) is 10.0. The summed E-state index contributed by atoms with van der Waals surface area (Å²) < 4.78 is 0. The smallest absolute Gasteiger partial charge is 0.271 e. The van der Waals surface area contributed by atoms with Gasteiger partial charge in [-0.1, -0.05) is 17.7 Å². The number of rotatable bonds is 6. The number of hydrogen-bond acceptors (Lipinski definition) is 8. The molecule has 3 aromatic rings. The molecule has 0 radical (unpaired) electrons. The van der Waals surface area contributed by atoms with Crippen molar-refractivity contribution in [2.24, 2.45) is 0 Å². The molecular weight excluding hydrogens is 360 g/mol. The van der Waals surface area contributed by atoms with E-state index in [1.807, 2.05) is 19.1 Å². The predicted molar refractivity (Wildman–Crippen MR) is 104 cm³/mol. The summed E-state index contributed by atoms with van der Waals surface area (Å²) in [6.45, 7) is 1.93. The van der Waals surface area contributed by atoms with Gasteiger partial charge in [-0.3, -0.25) is 36.3 Å². The Balaban J connectivity index is 1.61. The first kappa shape index (κ1) is 18.6. The summed E-state index contributed by atoms with van der Waals surface area (Å²) in [7, 11) is 0. The number of hydrogen-bond donors (Lipinski definition) is 5. The second-order valence-electron chi connectivity index (χ2n) is 5.75. The Morgan fingerprint density at radius 3 is 2.07 bits per heavy atom. The summed E-state index contributed by atoms with van der Waals surface area (Å²) in [6.07, 6.45) is 4.22. The maximum atomic E-state index is 12.2. The standard InChI is InChI=1S/C18H18N8O2/c1-11-4-6-12(7-5-11)17(27)25-23-15-14(19)16(22-10-21-15)24-26-18(28)13-3-2-8-20-9-13/h2-10H,19H2,1H3,(H,25,27)(H,26,28)(H2,21,22,23,24). The molecule has 2 amide bonds. The molecule has 6 N–H and O–H groups in total. The first-order chi connectivity index (χ1) is 13.5.